The van der Waals surface area contributed by atoms with Gasteiger partial charge in [0.15, 0.2) is 41.3 Å². The zero-order chi connectivity index (χ0) is 81.0. The van der Waals surface area contributed by atoms with E-state index in [2.05, 4.69) is 143 Å². The van der Waals surface area contributed by atoms with Gasteiger partial charge in [0.1, 0.15) is 5.58 Å². The van der Waals surface area contributed by atoms with Crippen LogP contribution in [0.2, 0.25) is 0 Å². The summed E-state index contributed by atoms with van der Waals surface area (Å²) < 4.78 is 58.2. The average Bonchev–Trinajstić information content (AvgIpc) is 1.61. The molecule has 16 rings (SSSR count). The van der Waals surface area contributed by atoms with E-state index in [0.29, 0.717) is 0 Å². The zero-order valence-electron chi connectivity index (χ0n) is 84.0. The van der Waals surface area contributed by atoms with Crippen LogP contribution in [0.4, 0.5) is 0 Å². The van der Waals surface area contributed by atoms with Crippen molar-refractivity contribution in [2.45, 2.75) is 306 Å². The Hall–Kier alpha value is 4.13. The molecule has 0 amide bonds. The van der Waals surface area contributed by atoms with Crippen molar-refractivity contribution >= 4 is 75.3 Å². The van der Waals surface area contributed by atoms with Gasteiger partial charge in [-0.2, -0.15) is 13.7 Å². The van der Waals surface area contributed by atoms with Gasteiger partial charge in [0.05, 0.1) is 69.8 Å². The quantitative estimate of drug-likeness (QED) is 0.109. The van der Waals surface area contributed by atoms with Gasteiger partial charge in [-0.25, -0.2) is 0 Å². The van der Waals surface area contributed by atoms with Gasteiger partial charge in [-0.3, -0.25) is 0 Å². The summed E-state index contributed by atoms with van der Waals surface area (Å²) in [5.74, 6) is 2.03. The maximum absolute atomic E-state index is 5.89. The first-order valence-corrected chi connectivity index (χ1v) is 42.2. The molecule has 0 aliphatic carbocycles. The third kappa shape index (κ3) is 55.2. The van der Waals surface area contributed by atoms with E-state index in [1.54, 1.807) is 6.26 Å². The minimum atomic E-state index is 0. The molecule has 0 N–H and O–H groups in total. The molecule has 662 valence electrons. The second-order valence-electron chi connectivity index (χ2n) is 19.5. The van der Waals surface area contributed by atoms with Crippen molar-refractivity contribution in [1.82, 2.24) is 0 Å². The van der Waals surface area contributed by atoms with Crippen LogP contribution in [0.1, 0.15) is 302 Å². The molecule has 0 spiro atoms. The van der Waals surface area contributed by atoms with Crippen LogP contribution >= 0.6 is 11.3 Å². The van der Waals surface area contributed by atoms with Gasteiger partial charge >= 0.3 is 11.8 Å². The number of pyridine rings is 3. The van der Waals surface area contributed by atoms with Crippen molar-refractivity contribution in [2.24, 2.45) is 0 Å². The minimum absolute atomic E-state index is 0. The Morgan fingerprint density at radius 1 is 0.283 bits per heavy atom. The second kappa shape index (κ2) is 112. The topological polar surface area (TPSA) is 105 Å². The molecule has 11 aromatic rings. The monoisotopic (exact) mass is 2440 g/mol. The molecule has 7 aromatic heterocycles. The zero-order valence-corrected chi connectivity index (χ0v) is 113. The third-order valence-corrected chi connectivity index (χ3v) is 15.9. The Bertz CT molecular complexity index is 3750. The first-order chi connectivity index (χ1) is 51.7. The number of thiophene rings is 1. The number of rotatable bonds is 0. The largest absolute Gasteiger partial charge is 0.450 e. The van der Waals surface area contributed by atoms with Gasteiger partial charge in [-0.05, 0) is 29.7 Å². The molecular weight excluding hydrogens is 2270 g/mol. The minimum Gasteiger partial charge on any atom is -0.450 e. The van der Waals surface area contributed by atoms with E-state index >= 15 is 0 Å². The summed E-state index contributed by atoms with van der Waals surface area (Å²) in [6.07, 6.45) is 15.5. The summed E-state index contributed by atoms with van der Waals surface area (Å²) in [7, 11) is 0. The molecule has 0 fully saturated rings. The molecule has 5 unspecified atom stereocenters. The number of ether oxygens (including phenoxy) is 5. The molecule has 13 nitrogen and oxygen atoms in total. The number of hydrogen-bond donors (Lipinski definition) is 0. The Labute approximate surface area is 996 Å². The number of aromatic nitrogens is 5. The molecule has 5 aliphatic heterocycles. The number of para-hydroxylation sites is 3. The number of oxazole rings is 2. The molecule has 5 aliphatic rings. The van der Waals surface area contributed by atoms with E-state index in [-0.39, 0.29) is 395 Å². The molecule has 4 aromatic carbocycles. The molecule has 0 saturated heterocycles. The summed E-state index contributed by atoms with van der Waals surface area (Å²) in [6.45, 7) is 74.3. The molecule has 5 atom stereocenters. The van der Waals surface area contributed by atoms with Gasteiger partial charge in [0.2, 0.25) is 18.0 Å². The van der Waals surface area contributed by atoms with Gasteiger partial charge in [-0.1, -0.05) is 274 Å². The summed E-state index contributed by atoms with van der Waals surface area (Å²) in [6, 6.07) is 40.2. The Kier molecular flexibility index (Phi) is 159. The number of fused-ring (bicyclic) bond motifs is 14. The standard InChI is InChI=1S/C15H14NO2.C15H14NOS.C13H14NO.C11H12NO2.C7H10NO2.15C2H6.5CH3.10Y/c2*1-10-16-9-15-13(8-11(16)6-7-17-10)12-4-2-3-5-14(12)18-15;1-10-14-9-12-5-3-2-4-11(12)8-13(14)6-7-15-10;1-8-12-9-4-2-3-5-10(9)14-11(12)6-7-13-8;1-6-8-3-5-10-7(8)2-4-9-6;15*1-2;;;;;;;;;;;;;;;/h2*2-5,8-10H,6-7H2,1H3;2-5,8-10H,6-7H2,1H3;2-5,8H,6-7H2,1H3;3,5-6H,2,4H2,1H3;15*1-2H3;5*1H3;;;;;;;;;;/q5*+1;;;;;;;;;;;;;;;;5*-1;;;;;;;;;;. The number of hydrogen-bond acceptors (Lipinski definition) is 9. The van der Waals surface area contributed by atoms with Crippen LogP contribution in [0.3, 0.4) is 0 Å². The predicted octanol–water partition coefficient (Wildman–Crippen LogP) is 28.7. The smallest absolute Gasteiger partial charge is 0.352 e. The third-order valence-electron chi connectivity index (χ3n) is 14.8. The van der Waals surface area contributed by atoms with Crippen molar-refractivity contribution in [1.29, 1.82) is 0 Å². The number of furan rings is 1. The van der Waals surface area contributed by atoms with Crippen molar-refractivity contribution in [3.63, 3.8) is 0 Å². The van der Waals surface area contributed by atoms with Crippen molar-refractivity contribution in [3.05, 3.63) is 212 Å². The van der Waals surface area contributed by atoms with Crippen LogP contribution in [0, 0.1) is 37.1 Å². The van der Waals surface area contributed by atoms with Crippen molar-refractivity contribution < 1.29 is 387 Å². The van der Waals surface area contributed by atoms with Gasteiger partial charge < -0.3 is 74.1 Å². The first kappa shape index (κ1) is 170. The van der Waals surface area contributed by atoms with E-state index in [4.69, 9.17) is 36.9 Å². The molecule has 0 saturated carbocycles. The summed E-state index contributed by atoms with van der Waals surface area (Å²) in [5, 5.41) is 7.74. The average molecular weight is 2440 g/mol. The number of nitrogens with zero attached hydrogens (tertiary/aromatic N) is 5. The first-order valence-electron chi connectivity index (χ1n) is 41.3. The number of benzene rings is 4. The molecule has 12 heterocycles. The fraction of sp³-hybridized carbons (Fsp3) is 0.521. The molecule has 10 radical (unpaired) electrons. The fourth-order valence-electron chi connectivity index (χ4n) is 10.9. The summed E-state index contributed by atoms with van der Waals surface area (Å²) in [4.78, 5) is 0. The molecule has 120 heavy (non-hydrogen) atoms. The Balaban J connectivity index is -0.0000000565. The van der Waals surface area contributed by atoms with Crippen LogP contribution in [-0.2, 0) is 383 Å². The van der Waals surface area contributed by atoms with Gasteiger partial charge in [0, 0.05) is 418 Å². The van der Waals surface area contributed by atoms with E-state index in [0.717, 1.165) is 99.2 Å². The van der Waals surface area contributed by atoms with Crippen LogP contribution in [0.15, 0.2) is 160 Å². The molecule has 0 bridgehead atoms. The normalized spacial score (nSPS) is 13.5. The predicted molar refractivity (Wildman–Crippen MR) is 487 cm³/mol. The van der Waals surface area contributed by atoms with Gasteiger partial charge in [0.25, 0.3) is 36.7 Å². The molecule has 24 heteroatoms. The summed E-state index contributed by atoms with van der Waals surface area (Å²) in [5.41, 5.74) is 8.00. The van der Waals surface area contributed by atoms with Crippen LogP contribution in [0.25, 0.3) is 64.0 Å². The van der Waals surface area contributed by atoms with Crippen LogP contribution < -0.4 is 22.8 Å². The van der Waals surface area contributed by atoms with E-state index < -0.39 is 0 Å². The maximum Gasteiger partial charge on any atom is 0.352 e. The maximum atomic E-state index is 5.89. The van der Waals surface area contributed by atoms with Crippen molar-refractivity contribution in [2.75, 3.05) is 33.0 Å². The van der Waals surface area contributed by atoms with E-state index in [1.807, 2.05) is 274 Å². The second-order valence-corrected chi connectivity index (χ2v) is 20.6. The van der Waals surface area contributed by atoms with E-state index in [9.17, 15) is 0 Å². The molecular formula is C96H169N5O8SY10. The van der Waals surface area contributed by atoms with E-state index in [1.165, 1.54) is 58.8 Å². The Morgan fingerprint density at radius 2 is 0.625 bits per heavy atom. The van der Waals surface area contributed by atoms with Crippen LogP contribution in [-0.4, -0.2) is 33.0 Å². The van der Waals surface area contributed by atoms with Crippen LogP contribution in [0.5, 0.6) is 0 Å². The van der Waals surface area contributed by atoms with Gasteiger partial charge in [-0.15, -0.1) is 20.5 Å². The van der Waals surface area contributed by atoms with Crippen molar-refractivity contribution in [3.8, 4) is 0 Å². The fourth-order valence-corrected chi connectivity index (χ4v) is 12.0. The SMILES string of the molecule is CC.CC.CC.CC.CC.CC.CC.CC.CC.CC.CC.CC.CC.CC.CC.CC1OCCc2cc3c(c[n+]21)oc1ccccc13.CC1OCCc2cc3c(c[n+]21)sc1ccccc13.CC1OCCc2cc3ccccc3c[n+]21.CC1OCCc2oc3ccccc3[n+]21.CC1OCCc2occ[n+]21.[CH3-].[CH3-].[CH3-].[CH3-].[CH3-].[Y].[Y].[Y].[Y].[Y].[Y].[Y].[Y].[Y].[Y]. The Morgan fingerprint density at radius 3 is 1.08 bits per heavy atom. The summed E-state index contributed by atoms with van der Waals surface area (Å²) >= 11 is 1.86.